The molecular formula is C25H28N2O4S. The van der Waals surface area contributed by atoms with E-state index in [2.05, 4.69) is 11.0 Å². The third-order valence-corrected chi connectivity index (χ3v) is 6.84. The van der Waals surface area contributed by atoms with E-state index in [9.17, 15) is 4.79 Å². The lowest BCUT2D eigenvalue weighted by atomic mass is 10.1. The van der Waals surface area contributed by atoms with Gasteiger partial charge in [0.05, 0.1) is 21.3 Å². The van der Waals surface area contributed by atoms with Crippen LogP contribution in [0.5, 0.6) is 17.2 Å². The van der Waals surface area contributed by atoms with E-state index in [1.807, 2.05) is 53.4 Å². The number of benzene rings is 2. The van der Waals surface area contributed by atoms with E-state index >= 15 is 0 Å². The number of piperazine rings is 1. The molecule has 1 fully saturated rings. The quantitative estimate of drug-likeness (QED) is 0.532. The minimum absolute atomic E-state index is 0.0415. The summed E-state index contributed by atoms with van der Waals surface area (Å²) in [6.45, 7) is 3.82. The molecule has 0 spiro atoms. The maximum atomic E-state index is 13.3. The van der Waals surface area contributed by atoms with Gasteiger partial charge in [-0.25, -0.2) is 0 Å². The maximum absolute atomic E-state index is 13.3. The molecule has 32 heavy (non-hydrogen) atoms. The summed E-state index contributed by atoms with van der Waals surface area (Å²) in [7, 11) is 4.90. The van der Waals surface area contributed by atoms with Crippen LogP contribution in [0.3, 0.4) is 0 Å². The first kappa shape index (κ1) is 22.2. The van der Waals surface area contributed by atoms with Crippen LogP contribution in [0.1, 0.15) is 15.2 Å². The zero-order chi connectivity index (χ0) is 22.5. The van der Waals surface area contributed by atoms with Gasteiger partial charge in [0, 0.05) is 37.6 Å². The molecule has 0 unspecified atom stereocenters. The summed E-state index contributed by atoms with van der Waals surface area (Å²) < 4.78 is 16.3. The van der Waals surface area contributed by atoms with E-state index in [0.717, 1.165) is 47.1 Å². The molecular weight excluding hydrogens is 424 g/mol. The molecule has 2 heterocycles. The van der Waals surface area contributed by atoms with Gasteiger partial charge in [-0.05, 0) is 29.3 Å². The van der Waals surface area contributed by atoms with Gasteiger partial charge in [-0.3, -0.25) is 9.69 Å². The number of methoxy groups -OCH3 is 3. The largest absolute Gasteiger partial charge is 0.495 e. The number of hydrogen-bond acceptors (Lipinski definition) is 6. The van der Waals surface area contributed by atoms with Crippen molar-refractivity contribution in [2.75, 3.05) is 47.5 Å². The van der Waals surface area contributed by atoms with E-state index in [1.54, 1.807) is 21.3 Å². The summed E-state index contributed by atoms with van der Waals surface area (Å²) in [5.41, 5.74) is 2.25. The number of amides is 1. The van der Waals surface area contributed by atoms with Crippen molar-refractivity contribution in [3.05, 3.63) is 65.0 Å². The van der Waals surface area contributed by atoms with E-state index < -0.39 is 0 Å². The predicted octanol–water partition coefficient (Wildman–Crippen LogP) is 4.40. The fraction of sp³-hybridized carbons (Fsp3) is 0.320. The molecule has 0 aliphatic carbocycles. The molecule has 1 aliphatic heterocycles. The molecule has 1 amide bonds. The monoisotopic (exact) mass is 452 g/mol. The Hall–Kier alpha value is -3.03. The van der Waals surface area contributed by atoms with Gasteiger partial charge in [0.25, 0.3) is 5.91 Å². The lowest BCUT2D eigenvalue weighted by molar-refractivity contribution is 0.0630. The van der Waals surface area contributed by atoms with Crippen molar-refractivity contribution in [1.82, 2.24) is 9.80 Å². The maximum Gasteiger partial charge on any atom is 0.267 e. The summed E-state index contributed by atoms with van der Waals surface area (Å²) >= 11 is 1.49. The summed E-state index contributed by atoms with van der Waals surface area (Å²) in [4.78, 5) is 19.2. The standard InChI is InChI=1S/C25H28N2O4S/c1-29-20-10-9-18(15-21(20)30-2)17-26-11-13-27(14-12-26)25(28)24-22(31-3)16-23(32-24)19-7-5-4-6-8-19/h4-10,15-16H,11-14,17H2,1-3H3. The Kier molecular flexibility index (Phi) is 6.97. The van der Waals surface area contributed by atoms with E-state index in [-0.39, 0.29) is 5.91 Å². The second kappa shape index (κ2) is 10.1. The van der Waals surface area contributed by atoms with Gasteiger partial charge < -0.3 is 19.1 Å². The van der Waals surface area contributed by atoms with E-state index in [4.69, 9.17) is 14.2 Å². The minimum atomic E-state index is 0.0415. The lowest BCUT2D eigenvalue weighted by Crippen LogP contribution is -2.48. The van der Waals surface area contributed by atoms with Gasteiger partial charge in [-0.2, -0.15) is 0 Å². The fourth-order valence-corrected chi connectivity index (χ4v) is 5.01. The van der Waals surface area contributed by atoms with E-state index in [1.165, 1.54) is 11.3 Å². The van der Waals surface area contributed by atoms with Crippen LogP contribution in [0.2, 0.25) is 0 Å². The Balaban J connectivity index is 1.40. The number of rotatable bonds is 7. The van der Waals surface area contributed by atoms with Gasteiger partial charge >= 0.3 is 0 Å². The Morgan fingerprint density at radius 1 is 0.844 bits per heavy atom. The highest BCUT2D eigenvalue weighted by molar-refractivity contribution is 7.17. The number of hydrogen-bond donors (Lipinski definition) is 0. The van der Waals surface area contributed by atoms with Crippen LogP contribution in [0.25, 0.3) is 10.4 Å². The molecule has 1 saturated heterocycles. The van der Waals surface area contributed by atoms with Gasteiger partial charge in [0.2, 0.25) is 0 Å². The number of carbonyl (C=O) groups is 1. The first-order chi connectivity index (χ1) is 15.6. The van der Waals surface area contributed by atoms with Crippen molar-refractivity contribution in [3.63, 3.8) is 0 Å². The fourth-order valence-electron chi connectivity index (χ4n) is 3.91. The zero-order valence-electron chi connectivity index (χ0n) is 18.7. The van der Waals surface area contributed by atoms with Crippen LogP contribution >= 0.6 is 11.3 Å². The van der Waals surface area contributed by atoms with Crippen molar-refractivity contribution in [2.45, 2.75) is 6.54 Å². The topological polar surface area (TPSA) is 51.2 Å². The lowest BCUT2D eigenvalue weighted by Gasteiger charge is -2.34. The molecule has 0 bridgehead atoms. The number of ether oxygens (including phenoxy) is 3. The van der Waals surface area contributed by atoms with Crippen molar-refractivity contribution in [1.29, 1.82) is 0 Å². The summed E-state index contributed by atoms with van der Waals surface area (Å²) in [6, 6.07) is 18.0. The summed E-state index contributed by atoms with van der Waals surface area (Å²) in [5.74, 6) is 2.15. The highest BCUT2D eigenvalue weighted by Gasteiger charge is 2.26. The number of carbonyl (C=O) groups excluding carboxylic acids is 1. The molecule has 1 aliphatic rings. The highest BCUT2D eigenvalue weighted by atomic mass is 32.1. The molecule has 0 radical (unpaired) electrons. The first-order valence-electron chi connectivity index (χ1n) is 10.6. The van der Waals surface area contributed by atoms with Gasteiger partial charge in [-0.1, -0.05) is 36.4 Å². The Labute approximate surface area is 192 Å². The zero-order valence-corrected chi connectivity index (χ0v) is 19.5. The minimum Gasteiger partial charge on any atom is -0.495 e. The Bertz CT molecular complexity index is 1060. The highest BCUT2D eigenvalue weighted by Crippen LogP contribution is 2.37. The second-order valence-electron chi connectivity index (χ2n) is 7.63. The van der Waals surface area contributed by atoms with Gasteiger partial charge in [0.15, 0.2) is 11.5 Å². The van der Waals surface area contributed by atoms with Gasteiger partial charge in [-0.15, -0.1) is 11.3 Å². The molecule has 7 heteroatoms. The normalized spacial score (nSPS) is 14.3. The molecule has 168 valence electrons. The number of nitrogens with zero attached hydrogens (tertiary/aromatic N) is 2. The van der Waals surface area contributed by atoms with Crippen molar-refractivity contribution >= 4 is 17.2 Å². The van der Waals surface area contributed by atoms with Crippen LogP contribution in [-0.2, 0) is 6.54 Å². The molecule has 3 aromatic rings. The van der Waals surface area contributed by atoms with Gasteiger partial charge in [0.1, 0.15) is 10.6 Å². The summed E-state index contributed by atoms with van der Waals surface area (Å²) in [6.07, 6.45) is 0. The molecule has 0 N–H and O–H groups in total. The summed E-state index contributed by atoms with van der Waals surface area (Å²) in [5, 5.41) is 0. The molecule has 1 aromatic heterocycles. The SMILES string of the molecule is COc1ccc(CN2CCN(C(=O)c3sc(-c4ccccc4)cc3OC)CC2)cc1OC. The Morgan fingerprint density at radius 2 is 1.53 bits per heavy atom. The van der Waals surface area contributed by atoms with Crippen molar-refractivity contribution in [2.24, 2.45) is 0 Å². The molecule has 2 aromatic carbocycles. The third-order valence-electron chi connectivity index (χ3n) is 5.68. The molecule has 4 rings (SSSR count). The Morgan fingerprint density at radius 3 is 2.19 bits per heavy atom. The molecule has 0 saturated carbocycles. The van der Waals surface area contributed by atoms with Crippen molar-refractivity contribution < 1.29 is 19.0 Å². The van der Waals surface area contributed by atoms with Crippen LogP contribution in [0.15, 0.2) is 54.6 Å². The van der Waals surface area contributed by atoms with Crippen LogP contribution in [-0.4, -0.2) is 63.2 Å². The average Bonchev–Trinajstić information content (AvgIpc) is 3.29. The number of thiophene rings is 1. The average molecular weight is 453 g/mol. The predicted molar refractivity (Wildman–Crippen MR) is 127 cm³/mol. The van der Waals surface area contributed by atoms with Crippen LogP contribution < -0.4 is 14.2 Å². The third kappa shape index (κ3) is 4.74. The van der Waals surface area contributed by atoms with Crippen LogP contribution in [0.4, 0.5) is 0 Å². The van der Waals surface area contributed by atoms with Crippen LogP contribution in [0, 0.1) is 0 Å². The van der Waals surface area contributed by atoms with Crippen molar-refractivity contribution in [3.8, 4) is 27.7 Å². The van der Waals surface area contributed by atoms with E-state index in [0.29, 0.717) is 23.7 Å². The molecule has 6 nitrogen and oxygen atoms in total. The second-order valence-corrected chi connectivity index (χ2v) is 8.68. The smallest absolute Gasteiger partial charge is 0.267 e. The first-order valence-corrected chi connectivity index (χ1v) is 11.4. The molecule has 0 atom stereocenters.